The second kappa shape index (κ2) is 22.9. The Bertz CT molecular complexity index is 2160. The van der Waals surface area contributed by atoms with Gasteiger partial charge in [0, 0.05) is 55.8 Å². The van der Waals surface area contributed by atoms with Gasteiger partial charge in [0.2, 0.25) is 23.6 Å². The zero-order valence-electron chi connectivity index (χ0n) is 36.9. The van der Waals surface area contributed by atoms with Crippen molar-refractivity contribution in [2.45, 2.75) is 102 Å². The summed E-state index contributed by atoms with van der Waals surface area (Å²) in [6.45, 7) is 6.25. The normalized spacial score (nSPS) is 20.0. The summed E-state index contributed by atoms with van der Waals surface area (Å²) >= 11 is 0. The zero-order valence-corrected chi connectivity index (χ0v) is 36.9. The molecule has 4 bridgehead atoms. The summed E-state index contributed by atoms with van der Waals surface area (Å²) in [6, 6.07) is 13.0. The van der Waals surface area contributed by atoms with Crippen LogP contribution in [0.2, 0.25) is 0 Å². The number of nitriles is 1. The number of unbranched alkanes of at least 4 members (excludes halogenated alkanes) is 3. The van der Waals surface area contributed by atoms with E-state index >= 15 is 0 Å². The lowest BCUT2D eigenvalue weighted by molar-refractivity contribution is -0.144. The molecule has 5 atom stereocenters. The van der Waals surface area contributed by atoms with Gasteiger partial charge in [0.25, 0.3) is 5.91 Å². The minimum Gasteiger partial charge on any atom is -0.492 e. The van der Waals surface area contributed by atoms with Crippen LogP contribution in [0.1, 0.15) is 91.0 Å². The number of ether oxygens (including phenoxy) is 2. The highest BCUT2D eigenvalue weighted by atomic mass is 16.5. The van der Waals surface area contributed by atoms with Gasteiger partial charge in [-0.25, -0.2) is 0 Å². The Morgan fingerprint density at radius 3 is 2.30 bits per heavy atom. The van der Waals surface area contributed by atoms with E-state index in [0.29, 0.717) is 45.7 Å². The molecule has 0 spiro atoms. The van der Waals surface area contributed by atoms with Crippen LogP contribution in [0.4, 0.5) is 0 Å². The number of hydrogen-bond donors (Lipinski definition) is 6. The van der Waals surface area contributed by atoms with Crippen LogP contribution in [0.5, 0.6) is 11.5 Å². The largest absolute Gasteiger partial charge is 0.492 e. The molecule has 5 rings (SSSR count). The average Bonchev–Trinajstić information content (AvgIpc) is 3.27. The summed E-state index contributed by atoms with van der Waals surface area (Å²) in [5, 5.41) is 17.2. The van der Waals surface area contributed by atoms with Gasteiger partial charge in [-0.05, 0) is 92.1 Å². The number of fused-ring (bicyclic) bond motifs is 5. The molecule has 1 saturated heterocycles. The number of carbonyl (C=O) groups excluding carboxylic acids is 5. The first-order chi connectivity index (χ1) is 30.3. The monoisotopic (exact) mass is 865 g/mol. The Morgan fingerprint density at radius 2 is 1.63 bits per heavy atom. The highest BCUT2D eigenvalue weighted by Gasteiger charge is 2.41. The Labute approximate surface area is 370 Å². The van der Waals surface area contributed by atoms with E-state index in [0.717, 1.165) is 36.8 Å². The first-order valence-electron chi connectivity index (χ1n) is 21.9. The van der Waals surface area contributed by atoms with Crippen LogP contribution in [0.25, 0.3) is 11.1 Å². The van der Waals surface area contributed by atoms with E-state index in [2.05, 4.69) is 22.9 Å². The van der Waals surface area contributed by atoms with Crippen molar-refractivity contribution in [2.24, 2.45) is 17.2 Å². The maximum Gasteiger partial charge on any atom is 0.254 e. The summed E-state index contributed by atoms with van der Waals surface area (Å²) in [5.41, 5.74) is 22.7. The fourth-order valence-electron chi connectivity index (χ4n) is 8.20. The number of likely N-dealkylation sites (tertiary alicyclic amines) is 1. The summed E-state index contributed by atoms with van der Waals surface area (Å²) < 4.78 is 12.2. The van der Waals surface area contributed by atoms with Gasteiger partial charge in [-0.3, -0.25) is 24.0 Å². The number of likely N-dealkylation sites (N-methyl/N-ethyl adjacent to an activating group) is 1. The number of aryl methyl sites for hydroxylation is 2. The minimum atomic E-state index is -1.34. The van der Waals surface area contributed by atoms with Crippen molar-refractivity contribution in [3.05, 3.63) is 82.4 Å². The summed E-state index contributed by atoms with van der Waals surface area (Å²) in [7, 11) is 1.49. The molecule has 5 amide bonds. The van der Waals surface area contributed by atoms with E-state index in [-0.39, 0.29) is 64.2 Å². The molecule has 16 heteroatoms. The van der Waals surface area contributed by atoms with Crippen molar-refractivity contribution >= 4 is 29.5 Å². The van der Waals surface area contributed by atoms with Crippen LogP contribution in [0.15, 0.2) is 54.6 Å². The molecule has 9 N–H and O–H groups in total. The van der Waals surface area contributed by atoms with Crippen LogP contribution in [0.3, 0.4) is 0 Å². The second-order valence-corrected chi connectivity index (χ2v) is 16.3. The molecule has 0 aromatic heterocycles. The van der Waals surface area contributed by atoms with Gasteiger partial charge in [0.05, 0.1) is 6.07 Å². The molecule has 3 aromatic rings. The maximum absolute atomic E-state index is 15.0. The Hall–Kier alpha value is -6.02. The molecular weight excluding hydrogens is 803 g/mol. The molecule has 0 radical (unpaired) electrons. The van der Waals surface area contributed by atoms with Crippen LogP contribution < -0.4 is 42.6 Å². The Morgan fingerprint density at radius 1 is 0.937 bits per heavy atom. The smallest absolute Gasteiger partial charge is 0.254 e. The number of nitrogens with one attached hydrogen (secondary N) is 3. The first kappa shape index (κ1) is 48.0. The van der Waals surface area contributed by atoms with Crippen molar-refractivity contribution in [2.75, 3.05) is 46.4 Å². The van der Waals surface area contributed by atoms with Crippen LogP contribution in [-0.2, 0) is 32.0 Å². The Balaban J connectivity index is 1.59. The average molecular weight is 866 g/mol. The number of rotatable bonds is 16. The molecule has 2 aliphatic rings. The minimum absolute atomic E-state index is 0.0217. The molecule has 1 fully saturated rings. The van der Waals surface area contributed by atoms with Crippen LogP contribution in [0, 0.1) is 18.3 Å². The van der Waals surface area contributed by atoms with E-state index in [1.165, 1.54) is 25.3 Å². The molecule has 63 heavy (non-hydrogen) atoms. The summed E-state index contributed by atoms with van der Waals surface area (Å²) in [5.74, 6) is -1.96. The Kier molecular flexibility index (Phi) is 17.4. The molecule has 2 heterocycles. The van der Waals surface area contributed by atoms with Crippen molar-refractivity contribution in [3.8, 4) is 28.7 Å². The van der Waals surface area contributed by atoms with E-state index in [1.807, 2.05) is 31.2 Å². The number of benzene rings is 3. The van der Waals surface area contributed by atoms with Gasteiger partial charge in [-0.2, -0.15) is 5.26 Å². The van der Waals surface area contributed by atoms with E-state index in [1.54, 1.807) is 41.3 Å². The lowest BCUT2D eigenvalue weighted by Gasteiger charge is -2.41. The third-order valence-corrected chi connectivity index (χ3v) is 11.6. The third kappa shape index (κ3) is 12.1. The lowest BCUT2D eigenvalue weighted by Crippen LogP contribution is -2.58. The SMILES string of the molecule is CCCCCCc1ccc(C(=O)N2CCC(N)C[C@H]2C(=O)N(C)[C@@H]2C(=O)N[C@@H](C)C(=O)N[C@H](C(=O)NCC#N)Cc3ccc(OCCN)c(c3)-c3cc2ccc3OCCN)c(C)c1. The van der Waals surface area contributed by atoms with Crippen LogP contribution in [-0.4, -0.2) is 110 Å². The quantitative estimate of drug-likeness (QED) is 0.0903. The molecule has 2 aliphatic heterocycles. The molecular formula is C47H63N9O7. The second-order valence-electron chi connectivity index (χ2n) is 16.3. The highest BCUT2D eigenvalue weighted by Crippen LogP contribution is 2.40. The van der Waals surface area contributed by atoms with Crippen LogP contribution >= 0.6 is 0 Å². The van der Waals surface area contributed by atoms with Crippen molar-refractivity contribution in [1.82, 2.24) is 25.8 Å². The molecule has 0 aliphatic carbocycles. The third-order valence-electron chi connectivity index (χ3n) is 11.6. The van der Waals surface area contributed by atoms with Crippen molar-refractivity contribution in [1.29, 1.82) is 5.26 Å². The predicted octanol–water partition coefficient (Wildman–Crippen LogP) is 2.78. The van der Waals surface area contributed by atoms with Gasteiger partial charge in [-0.15, -0.1) is 0 Å². The van der Waals surface area contributed by atoms with Gasteiger partial charge in [0.15, 0.2) is 0 Å². The van der Waals surface area contributed by atoms with Crippen molar-refractivity contribution < 1.29 is 33.4 Å². The number of amides is 5. The number of nitrogens with two attached hydrogens (primary N) is 3. The summed E-state index contributed by atoms with van der Waals surface area (Å²) in [6.07, 6.45) is 6.11. The lowest BCUT2D eigenvalue weighted by atomic mass is 9.92. The predicted molar refractivity (Wildman–Crippen MR) is 239 cm³/mol. The summed E-state index contributed by atoms with van der Waals surface area (Å²) in [4.78, 5) is 74.0. The topological polar surface area (TPSA) is 248 Å². The molecule has 1 unspecified atom stereocenters. The molecule has 3 aromatic carbocycles. The maximum atomic E-state index is 15.0. The van der Waals surface area contributed by atoms with E-state index in [4.69, 9.17) is 26.7 Å². The first-order valence-corrected chi connectivity index (χ1v) is 21.9. The van der Waals surface area contributed by atoms with E-state index in [9.17, 15) is 29.2 Å². The fraction of sp³-hybridized carbons (Fsp3) is 0.489. The molecule has 338 valence electrons. The number of piperidine rings is 1. The van der Waals surface area contributed by atoms with Gasteiger partial charge in [-0.1, -0.05) is 50.5 Å². The van der Waals surface area contributed by atoms with Gasteiger partial charge in [0.1, 0.15) is 55.4 Å². The number of carbonyl (C=O) groups is 5. The standard InChI is InChI=1S/C47H63N9O7/c1-5-6-7-8-9-31-10-13-35(29(2)24-31)46(60)56-21-16-34(51)28-39(56)47(61)55(4)42-33-12-15-41(63-23-19-50)37(27-33)36-25-32(11-14-40(36)62-22-18-49)26-38(44(58)52-20-17-48)54-43(57)30(3)53-45(42)59/h10-15,24-25,27,30,34,38-39,42H,5-9,16,18-23,26,28,49-51H2,1-4H3,(H,52,58)(H,53,59)(H,54,57)/t30-,34?,38-,39-,42-/m0/s1. The molecule has 0 saturated carbocycles. The van der Waals surface area contributed by atoms with Crippen molar-refractivity contribution in [3.63, 3.8) is 0 Å². The fourth-order valence-corrected chi connectivity index (χ4v) is 8.20. The number of hydrogen-bond acceptors (Lipinski definition) is 11. The zero-order chi connectivity index (χ0) is 45.6. The molecule has 16 nitrogen and oxygen atoms in total. The van der Waals surface area contributed by atoms with E-state index < -0.39 is 47.8 Å². The highest BCUT2D eigenvalue weighted by molar-refractivity contribution is 6.00. The number of nitrogens with zero attached hydrogens (tertiary/aromatic N) is 3. The van der Waals surface area contributed by atoms with Gasteiger partial charge < -0.3 is 52.4 Å². The van der Waals surface area contributed by atoms with Gasteiger partial charge >= 0.3 is 0 Å².